The van der Waals surface area contributed by atoms with Crippen LogP contribution in [0.5, 0.6) is 5.88 Å². The second-order valence-corrected chi connectivity index (χ2v) is 3.22. The van der Waals surface area contributed by atoms with E-state index in [1.54, 1.807) is 6.92 Å². The maximum Gasteiger partial charge on any atom is 0.302 e. The quantitative estimate of drug-likeness (QED) is 0.736. The first-order valence-electron chi connectivity index (χ1n) is 4.54. The van der Waals surface area contributed by atoms with Crippen molar-refractivity contribution in [1.29, 1.82) is 0 Å². The Hall–Kier alpha value is -1.78. The summed E-state index contributed by atoms with van der Waals surface area (Å²) in [5.41, 5.74) is 0.390. The summed E-state index contributed by atoms with van der Waals surface area (Å²) in [7, 11) is 0. The van der Waals surface area contributed by atoms with Gasteiger partial charge in [0, 0.05) is 19.1 Å². The van der Waals surface area contributed by atoms with Gasteiger partial charge < -0.3 is 9.84 Å². The Morgan fingerprint density at radius 2 is 2.20 bits per heavy atom. The van der Waals surface area contributed by atoms with E-state index in [0.717, 1.165) is 4.57 Å². The predicted octanol–water partition coefficient (Wildman–Crippen LogP) is 0.425. The van der Waals surface area contributed by atoms with Gasteiger partial charge in [0.2, 0.25) is 0 Å². The van der Waals surface area contributed by atoms with Gasteiger partial charge in [-0.2, -0.15) is 0 Å². The second-order valence-electron chi connectivity index (χ2n) is 3.22. The molecule has 5 heteroatoms. The fraction of sp³-hybridized carbons (Fsp3) is 0.400. The zero-order valence-electron chi connectivity index (χ0n) is 8.69. The Kier molecular flexibility index (Phi) is 3.49. The smallest absolute Gasteiger partial charge is 0.302 e. The van der Waals surface area contributed by atoms with Gasteiger partial charge in [0.15, 0.2) is 5.88 Å². The monoisotopic (exact) mass is 211 g/mol. The lowest BCUT2D eigenvalue weighted by atomic mass is 10.3. The SMILES string of the molecule is CC(=O)OCCn1c(O)cc(C)cc1=O. The number of carbonyl (C=O) groups excluding carboxylic acids is 1. The number of pyridine rings is 1. The lowest BCUT2D eigenvalue weighted by molar-refractivity contribution is -0.141. The predicted molar refractivity (Wildman–Crippen MR) is 53.7 cm³/mol. The number of aromatic hydroxyl groups is 1. The van der Waals surface area contributed by atoms with Crippen LogP contribution in [0, 0.1) is 6.92 Å². The summed E-state index contributed by atoms with van der Waals surface area (Å²) in [6.07, 6.45) is 0. The van der Waals surface area contributed by atoms with Crippen molar-refractivity contribution in [2.24, 2.45) is 0 Å². The molecule has 0 aliphatic heterocycles. The zero-order chi connectivity index (χ0) is 11.4. The molecule has 0 atom stereocenters. The molecule has 0 saturated carbocycles. The van der Waals surface area contributed by atoms with E-state index in [-0.39, 0.29) is 24.6 Å². The molecule has 82 valence electrons. The van der Waals surface area contributed by atoms with Crippen molar-refractivity contribution in [2.75, 3.05) is 6.61 Å². The van der Waals surface area contributed by atoms with Gasteiger partial charge in [-0.1, -0.05) is 0 Å². The zero-order valence-corrected chi connectivity index (χ0v) is 8.69. The van der Waals surface area contributed by atoms with E-state index < -0.39 is 5.97 Å². The van der Waals surface area contributed by atoms with Crippen molar-refractivity contribution < 1.29 is 14.6 Å². The Bertz CT molecular complexity index is 422. The van der Waals surface area contributed by atoms with Crippen molar-refractivity contribution in [3.63, 3.8) is 0 Å². The number of carbonyl (C=O) groups is 1. The Morgan fingerprint density at radius 1 is 1.53 bits per heavy atom. The third kappa shape index (κ3) is 3.12. The van der Waals surface area contributed by atoms with Gasteiger partial charge in [0.1, 0.15) is 6.61 Å². The van der Waals surface area contributed by atoms with Crippen molar-refractivity contribution in [3.05, 3.63) is 28.0 Å². The number of esters is 1. The van der Waals surface area contributed by atoms with Gasteiger partial charge in [-0.25, -0.2) is 0 Å². The summed E-state index contributed by atoms with van der Waals surface area (Å²) in [5.74, 6) is -0.526. The Balaban J connectivity index is 2.77. The molecule has 1 heterocycles. The second kappa shape index (κ2) is 4.63. The minimum Gasteiger partial charge on any atom is -0.494 e. The summed E-state index contributed by atoms with van der Waals surface area (Å²) in [4.78, 5) is 21.9. The van der Waals surface area contributed by atoms with Crippen LogP contribution in [0.1, 0.15) is 12.5 Å². The molecule has 0 fully saturated rings. The Morgan fingerprint density at radius 3 is 2.73 bits per heavy atom. The van der Waals surface area contributed by atoms with Crippen LogP contribution in [0.15, 0.2) is 16.9 Å². The van der Waals surface area contributed by atoms with E-state index in [2.05, 4.69) is 4.74 Å². The minimum atomic E-state index is -0.408. The molecule has 1 rings (SSSR count). The summed E-state index contributed by atoms with van der Waals surface area (Å²) in [6.45, 7) is 3.24. The maximum atomic E-state index is 11.4. The summed E-state index contributed by atoms with van der Waals surface area (Å²) >= 11 is 0. The molecule has 1 aromatic rings. The Labute approximate surface area is 86.9 Å². The third-order valence-electron chi connectivity index (χ3n) is 1.87. The van der Waals surface area contributed by atoms with Crippen LogP contribution < -0.4 is 5.56 Å². The molecule has 0 aliphatic carbocycles. The standard InChI is InChI=1S/C10H13NO4/c1-7-5-9(13)11(10(14)6-7)3-4-15-8(2)12/h5-6,13H,3-4H2,1-2H3. The van der Waals surface area contributed by atoms with Crippen LogP contribution in [0.25, 0.3) is 0 Å². The molecular formula is C10H13NO4. The first-order valence-corrected chi connectivity index (χ1v) is 4.54. The number of hydrogen-bond acceptors (Lipinski definition) is 4. The normalized spacial score (nSPS) is 10.0. The van der Waals surface area contributed by atoms with Gasteiger partial charge in [0.05, 0.1) is 6.54 Å². The van der Waals surface area contributed by atoms with Crippen molar-refractivity contribution in [3.8, 4) is 5.88 Å². The van der Waals surface area contributed by atoms with Gasteiger partial charge in [-0.05, 0) is 12.5 Å². The van der Waals surface area contributed by atoms with Crippen LogP contribution in [0.2, 0.25) is 0 Å². The van der Waals surface area contributed by atoms with Crippen molar-refractivity contribution in [1.82, 2.24) is 4.57 Å². The van der Waals surface area contributed by atoms with E-state index in [0.29, 0.717) is 5.56 Å². The highest BCUT2D eigenvalue weighted by Crippen LogP contribution is 2.07. The molecule has 0 radical (unpaired) electrons. The van der Waals surface area contributed by atoms with E-state index in [9.17, 15) is 14.7 Å². The van der Waals surface area contributed by atoms with Gasteiger partial charge in [0.25, 0.3) is 5.56 Å². The highest BCUT2D eigenvalue weighted by Gasteiger charge is 2.03. The van der Waals surface area contributed by atoms with E-state index >= 15 is 0 Å². The lowest BCUT2D eigenvalue weighted by Gasteiger charge is -2.08. The summed E-state index contributed by atoms with van der Waals surface area (Å²) in [6, 6.07) is 2.89. The lowest BCUT2D eigenvalue weighted by Crippen LogP contribution is -2.22. The minimum absolute atomic E-state index is 0.0753. The molecule has 1 N–H and O–H groups in total. The number of aryl methyl sites for hydroxylation is 1. The molecule has 1 aromatic heterocycles. The summed E-state index contributed by atoms with van der Waals surface area (Å²) in [5, 5.41) is 9.46. The van der Waals surface area contributed by atoms with Crippen LogP contribution >= 0.6 is 0 Å². The highest BCUT2D eigenvalue weighted by atomic mass is 16.5. The number of rotatable bonds is 3. The molecular weight excluding hydrogens is 198 g/mol. The molecule has 0 aliphatic rings. The molecule has 0 unspecified atom stereocenters. The third-order valence-corrected chi connectivity index (χ3v) is 1.87. The van der Waals surface area contributed by atoms with Crippen LogP contribution in [0.3, 0.4) is 0 Å². The van der Waals surface area contributed by atoms with E-state index in [4.69, 9.17) is 0 Å². The number of hydrogen-bond donors (Lipinski definition) is 1. The van der Waals surface area contributed by atoms with Gasteiger partial charge in [-0.15, -0.1) is 0 Å². The maximum absolute atomic E-state index is 11.4. The fourth-order valence-electron chi connectivity index (χ4n) is 1.21. The first kappa shape index (κ1) is 11.3. The average molecular weight is 211 g/mol. The molecule has 0 spiro atoms. The van der Waals surface area contributed by atoms with Gasteiger partial charge in [-0.3, -0.25) is 14.2 Å². The molecule has 5 nitrogen and oxygen atoms in total. The van der Waals surface area contributed by atoms with Crippen LogP contribution in [0.4, 0.5) is 0 Å². The molecule has 15 heavy (non-hydrogen) atoms. The number of nitrogens with zero attached hydrogens (tertiary/aromatic N) is 1. The van der Waals surface area contributed by atoms with Gasteiger partial charge >= 0.3 is 5.97 Å². The molecule has 0 aromatic carbocycles. The molecule has 0 amide bonds. The van der Waals surface area contributed by atoms with Crippen molar-refractivity contribution >= 4 is 5.97 Å². The van der Waals surface area contributed by atoms with Crippen LogP contribution in [-0.2, 0) is 16.1 Å². The largest absolute Gasteiger partial charge is 0.494 e. The number of ether oxygens (including phenoxy) is 1. The average Bonchev–Trinajstić information content (AvgIpc) is 2.08. The summed E-state index contributed by atoms with van der Waals surface area (Å²) < 4.78 is 5.83. The highest BCUT2D eigenvalue weighted by molar-refractivity contribution is 5.65. The molecule has 0 saturated heterocycles. The van der Waals surface area contributed by atoms with E-state index in [1.807, 2.05) is 0 Å². The fourth-order valence-corrected chi connectivity index (χ4v) is 1.21. The first-order chi connectivity index (χ1) is 7.00. The van der Waals surface area contributed by atoms with Crippen LogP contribution in [-0.4, -0.2) is 22.2 Å². The van der Waals surface area contributed by atoms with Crippen molar-refractivity contribution in [2.45, 2.75) is 20.4 Å². The molecule has 0 bridgehead atoms. The topological polar surface area (TPSA) is 68.5 Å². The van der Waals surface area contributed by atoms with E-state index in [1.165, 1.54) is 19.1 Å². The number of aromatic nitrogens is 1.